The van der Waals surface area contributed by atoms with Gasteiger partial charge in [-0.3, -0.25) is 14.4 Å². The van der Waals surface area contributed by atoms with Gasteiger partial charge >= 0.3 is 5.97 Å². The Balaban J connectivity index is 1.59. The van der Waals surface area contributed by atoms with Crippen LogP contribution in [-0.4, -0.2) is 58.8 Å². The standard InChI is InChI=1S/C28H32N2O6/c1-4-35-27(34)22-21-12-13-28(36-21)23(22)26(33)30(20(15-31)18-8-6-5-7-9-18)24(28)25(32)29-19-14-16(2)10-11-17(19)3/h5-11,14,20-24,31H,4,12-13,15H2,1-3H3,(H,29,32)/t20-,21-,22+,23+,24-,28+/m1/s1. The molecule has 2 aromatic carbocycles. The van der Waals surface area contributed by atoms with Gasteiger partial charge in [-0.05, 0) is 56.4 Å². The van der Waals surface area contributed by atoms with Gasteiger partial charge in [-0.15, -0.1) is 0 Å². The number of benzene rings is 2. The van der Waals surface area contributed by atoms with Crippen LogP contribution in [0.15, 0.2) is 48.5 Å². The Bertz CT molecular complexity index is 1180. The van der Waals surface area contributed by atoms with E-state index in [-0.39, 0.29) is 25.0 Å². The van der Waals surface area contributed by atoms with Crippen molar-refractivity contribution in [2.24, 2.45) is 11.8 Å². The van der Waals surface area contributed by atoms with Crippen LogP contribution in [0.2, 0.25) is 0 Å². The van der Waals surface area contributed by atoms with E-state index in [9.17, 15) is 19.5 Å². The van der Waals surface area contributed by atoms with Crippen LogP contribution in [0.4, 0.5) is 5.69 Å². The summed E-state index contributed by atoms with van der Waals surface area (Å²) in [5.41, 5.74) is 2.08. The van der Waals surface area contributed by atoms with Crippen molar-refractivity contribution < 1.29 is 29.0 Å². The molecule has 2 aromatic rings. The van der Waals surface area contributed by atoms with Gasteiger partial charge in [-0.25, -0.2) is 0 Å². The van der Waals surface area contributed by atoms with Crippen LogP contribution in [0.5, 0.6) is 0 Å². The number of esters is 1. The van der Waals surface area contributed by atoms with Gasteiger partial charge in [0.25, 0.3) is 0 Å². The number of aliphatic hydroxyl groups excluding tert-OH is 1. The fraction of sp³-hybridized carbons (Fsp3) is 0.464. The number of carbonyl (C=O) groups is 3. The zero-order chi connectivity index (χ0) is 25.6. The zero-order valence-corrected chi connectivity index (χ0v) is 20.8. The van der Waals surface area contributed by atoms with Gasteiger partial charge in [0.15, 0.2) is 0 Å². The minimum absolute atomic E-state index is 0.194. The van der Waals surface area contributed by atoms with Gasteiger partial charge in [0.05, 0.1) is 37.2 Å². The molecule has 3 saturated heterocycles. The summed E-state index contributed by atoms with van der Waals surface area (Å²) in [6.45, 7) is 5.39. The van der Waals surface area contributed by atoms with Crippen molar-refractivity contribution in [3.63, 3.8) is 0 Å². The topological polar surface area (TPSA) is 105 Å². The number of fused-ring (bicyclic) bond motifs is 1. The van der Waals surface area contributed by atoms with Crippen molar-refractivity contribution in [3.05, 3.63) is 65.2 Å². The van der Waals surface area contributed by atoms with E-state index in [0.717, 1.165) is 11.1 Å². The molecule has 190 valence electrons. The second kappa shape index (κ2) is 9.33. The fourth-order valence-corrected chi connectivity index (χ4v) is 6.33. The number of hydrogen-bond donors (Lipinski definition) is 2. The summed E-state index contributed by atoms with van der Waals surface area (Å²) in [6.07, 6.45) is 0.558. The van der Waals surface area contributed by atoms with Crippen molar-refractivity contribution in [3.8, 4) is 0 Å². The molecule has 5 rings (SSSR count). The number of aryl methyl sites for hydroxylation is 2. The van der Waals surface area contributed by atoms with Crippen LogP contribution in [0.3, 0.4) is 0 Å². The molecule has 8 heteroatoms. The molecule has 1 spiro atoms. The summed E-state index contributed by atoms with van der Waals surface area (Å²) in [5, 5.41) is 13.5. The van der Waals surface area contributed by atoms with Gasteiger partial charge in [-0.2, -0.15) is 0 Å². The number of rotatable bonds is 7. The fourth-order valence-electron chi connectivity index (χ4n) is 6.33. The molecule has 3 fully saturated rings. The lowest BCUT2D eigenvalue weighted by Gasteiger charge is -2.37. The SMILES string of the molecule is CCOC(=O)[C@@H]1[C@H]2C(=O)N([C@H](CO)c3ccccc3)[C@H](C(=O)Nc3cc(C)ccc3C)[C@]23CC[C@H]1O3. The molecule has 0 aliphatic carbocycles. The van der Waals surface area contributed by atoms with E-state index in [1.165, 1.54) is 4.90 Å². The van der Waals surface area contributed by atoms with Crippen LogP contribution in [-0.2, 0) is 23.9 Å². The van der Waals surface area contributed by atoms with Crippen LogP contribution in [0.25, 0.3) is 0 Å². The molecule has 2 amide bonds. The Labute approximate surface area is 210 Å². The molecule has 0 radical (unpaired) electrons. The first kappa shape index (κ1) is 24.5. The highest BCUT2D eigenvalue weighted by Crippen LogP contribution is 2.60. The summed E-state index contributed by atoms with van der Waals surface area (Å²) in [6, 6.07) is 13.1. The largest absolute Gasteiger partial charge is 0.466 e. The lowest BCUT2D eigenvalue weighted by Crippen LogP contribution is -2.54. The highest BCUT2D eigenvalue weighted by atomic mass is 16.6. The monoisotopic (exact) mass is 492 g/mol. The second-order valence-electron chi connectivity index (χ2n) is 9.97. The Morgan fingerprint density at radius 3 is 2.67 bits per heavy atom. The van der Waals surface area contributed by atoms with Crippen molar-refractivity contribution in [1.82, 2.24) is 4.90 Å². The summed E-state index contributed by atoms with van der Waals surface area (Å²) in [4.78, 5) is 42.5. The minimum Gasteiger partial charge on any atom is -0.466 e. The van der Waals surface area contributed by atoms with E-state index in [2.05, 4.69) is 5.32 Å². The van der Waals surface area contributed by atoms with E-state index < -0.39 is 41.6 Å². The number of nitrogens with one attached hydrogen (secondary N) is 1. The molecule has 3 aliphatic heterocycles. The van der Waals surface area contributed by atoms with E-state index in [0.29, 0.717) is 24.1 Å². The van der Waals surface area contributed by atoms with E-state index in [1.54, 1.807) is 6.92 Å². The molecule has 6 atom stereocenters. The maximum Gasteiger partial charge on any atom is 0.312 e. The van der Waals surface area contributed by atoms with Gasteiger partial charge in [0.1, 0.15) is 11.6 Å². The summed E-state index contributed by atoms with van der Waals surface area (Å²) < 4.78 is 11.7. The van der Waals surface area contributed by atoms with Gasteiger partial charge in [-0.1, -0.05) is 42.5 Å². The van der Waals surface area contributed by atoms with Gasteiger partial charge in [0.2, 0.25) is 11.8 Å². The average Bonchev–Trinajstić information content (AvgIpc) is 3.50. The Kier molecular flexibility index (Phi) is 6.34. The molecule has 0 aromatic heterocycles. The molecule has 0 unspecified atom stereocenters. The summed E-state index contributed by atoms with van der Waals surface area (Å²) in [7, 11) is 0. The first-order chi connectivity index (χ1) is 17.3. The minimum atomic E-state index is -1.16. The maximum absolute atomic E-state index is 14.1. The molecule has 3 aliphatic rings. The molecule has 2 bridgehead atoms. The predicted molar refractivity (Wildman–Crippen MR) is 132 cm³/mol. The predicted octanol–water partition coefficient (Wildman–Crippen LogP) is 2.91. The lowest BCUT2D eigenvalue weighted by molar-refractivity contribution is -0.155. The number of likely N-dealkylation sites (tertiary alicyclic amines) is 1. The number of aliphatic hydroxyl groups is 1. The van der Waals surface area contributed by atoms with E-state index in [1.807, 2.05) is 62.4 Å². The first-order valence-corrected chi connectivity index (χ1v) is 12.5. The first-order valence-electron chi connectivity index (χ1n) is 12.5. The quantitative estimate of drug-likeness (QED) is 0.576. The van der Waals surface area contributed by atoms with Crippen LogP contribution in [0, 0.1) is 25.7 Å². The highest BCUT2D eigenvalue weighted by molar-refractivity contribution is 6.03. The molecule has 2 N–H and O–H groups in total. The number of nitrogens with zero attached hydrogens (tertiary/aromatic N) is 1. The average molecular weight is 493 g/mol. The molecular formula is C28H32N2O6. The van der Waals surface area contributed by atoms with Crippen molar-refractivity contribution >= 4 is 23.5 Å². The Morgan fingerprint density at radius 2 is 1.97 bits per heavy atom. The van der Waals surface area contributed by atoms with E-state index in [4.69, 9.17) is 9.47 Å². The normalized spacial score (nSPS) is 29.2. The van der Waals surface area contributed by atoms with Crippen LogP contribution >= 0.6 is 0 Å². The Hall–Kier alpha value is -3.23. The number of ether oxygens (including phenoxy) is 2. The van der Waals surface area contributed by atoms with Crippen LogP contribution in [0.1, 0.15) is 42.5 Å². The highest BCUT2D eigenvalue weighted by Gasteiger charge is 2.75. The van der Waals surface area contributed by atoms with Crippen molar-refractivity contribution in [1.29, 1.82) is 0 Å². The molecule has 36 heavy (non-hydrogen) atoms. The number of anilines is 1. The van der Waals surface area contributed by atoms with E-state index >= 15 is 0 Å². The molecule has 8 nitrogen and oxygen atoms in total. The van der Waals surface area contributed by atoms with Gasteiger partial charge < -0.3 is 24.8 Å². The summed E-state index contributed by atoms with van der Waals surface area (Å²) >= 11 is 0. The third-order valence-corrected chi connectivity index (χ3v) is 7.89. The third-order valence-electron chi connectivity index (χ3n) is 7.89. The lowest BCUT2D eigenvalue weighted by atomic mass is 9.70. The van der Waals surface area contributed by atoms with Gasteiger partial charge in [0, 0.05) is 5.69 Å². The van der Waals surface area contributed by atoms with Crippen molar-refractivity contribution in [2.75, 3.05) is 18.5 Å². The number of amides is 2. The smallest absolute Gasteiger partial charge is 0.312 e. The maximum atomic E-state index is 14.1. The van der Waals surface area contributed by atoms with Crippen molar-refractivity contribution in [2.45, 2.75) is 57.4 Å². The second-order valence-corrected chi connectivity index (χ2v) is 9.97. The molecule has 0 saturated carbocycles. The molecular weight excluding hydrogens is 460 g/mol. The third kappa shape index (κ3) is 3.71. The zero-order valence-electron chi connectivity index (χ0n) is 20.8. The number of hydrogen-bond acceptors (Lipinski definition) is 6. The summed E-state index contributed by atoms with van der Waals surface area (Å²) in [5.74, 6) is -2.85. The van der Waals surface area contributed by atoms with Crippen LogP contribution < -0.4 is 5.32 Å². The molecule has 3 heterocycles. The number of carbonyl (C=O) groups excluding carboxylic acids is 3. The Morgan fingerprint density at radius 1 is 1.22 bits per heavy atom.